The molecule has 0 radical (unpaired) electrons. The number of nitrogens with zero attached hydrogens (tertiary/aromatic N) is 4. The Bertz CT molecular complexity index is 1390. The monoisotopic (exact) mass is 455 g/mol. The van der Waals surface area contributed by atoms with Gasteiger partial charge in [0.05, 0.1) is 21.3 Å². The van der Waals surface area contributed by atoms with Crippen molar-refractivity contribution in [3.8, 4) is 0 Å². The molecule has 0 spiro atoms. The van der Waals surface area contributed by atoms with Crippen LogP contribution in [0.25, 0.3) is 10.2 Å². The molecule has 0 saturated heterocycles. The first-order chi connectivity index (χ1) is 14.7. The smallest absolute Gasteiger partial charge is 0.265 e. The number of amides is 1. The molecule has 8 nitrogen and oxygen atoms in total. The number of hydrogen-bond acceptors (Lipinski definition) is 6. The Labute approximate surface area is 184 Å². The maximum atomic E-state index is 13.1. The van der Waals surface area contributed by atoms with Gasteiger partial charge in [-0.05, 0) is 43.7 Å². The minimum atomic E-state index is -3.88. The van der Waals surface area contributed by atoms with Crippen molar-refractivity contribution < 1.29 is 13.2 Å². The molecule has 0 aliphatic rings. The highest BCUT2D eigenvalue weighted by molar-refractivity contribution is 7.92. The standard InChI is InChI=1S/C21H21N5O3S2/c1-13-5-8-15(9-6-13)31(28,29)26(4)20-16(12-22-25(20)3)19(27)24-21-23-17-10-7-14(2)11-18(17)30-21/h5-12H,1-4H3,(H,23,24,27). The molecule has 0 saturated carbocycles. The lowest BCUT2D eigenvalue weighted by Gasteiger charge is -2.20. The van der Waals surface area contributed by atoms with Gasteiger partial charge in [-0.25, -0.2) is 13.4 Å². The second kappa shape index (κ2) is 7.78. The van der Waals surface area contributed by atoms with E-state index >= 15 is 0 Å². The number of anilines is 2. The van der Waals surface area contributed by atoms with Crippen LogP contribution in [0.1, 0.15) is 21.5 Å². The van der Waals surface area contributed by atoms with Crippen LogP contribution < -0.4 is 9.62 Å². The molecule has 0 atom stereocenters. The summed E-state index contributed by atoms with van der Waals surface area (Å²) < 4.78 is 29.6. The largest absolute Gasteiger partial charge is 0.298 e. The van der Waals surface area contributed by atoms with Crippen LogP contribution in [0.3, 0.4) is 0 Å². The van der Waals surface area contributed by atoms with Crippen molar-refractivity contribution >= 4 is 48.4 Å². The first-order valence-corrected chi connectivity index (χ1v) is 11.7. The van der Waals surface area contributed by atoms with Gasteiger partial charge in [0.25, 0.3) is 15.9 Å². The SMILES string of the molecule is Cc1ccc(S(=O)(=O)N(C)c2c(C(=O)Nc3nc4ccc(C)cc4s3)cnn2C)cc1. The molecule has 1 N–H and O–H groups in total. The van der Waals surface area contributed by atoms with E-state index in [0.29, 0.717) is 5.13 Å². The predicted molar refractivity (Wildman–Crippen MR) is 122 cm³/mol. The summed E-state index contributed by atoms with van der Waals surface area (Å²) >= 11 is 1.36. The summed E-state index contributed by atoms with van der Waals surface area (Å²) in [5.74, 6) is -0.320. The van der Waals surface area contributed by atoms with Crippen LogP contribution in [0, 0.1) is 13.8 Å². The molecule has 0 fully saturated rings. The van der Waals surface area contributed by atoms with Gasteiger partial charge < -0.3 is 0 Å². The number of benzene rings is 2. The third-order valence-electron chi connectivity index (χ3n) is 4.89. The van der Waals surface area contributed by atoms with Crippen molar-refractivity contribution in [1.82, 2.24) is 14.8 Å². The lowest BCUT2D eigenvalue weighted by Crippen LogP contribution is -2.30. The van der Waals surface area contributed by atoms with Gasteiger partial charge in [0.15, 0.2) is 10.9 Å². The van der Waals surface area contributed by atoms with Crippen molar-refractivity contribution in [2.45, 2.75) is 18.7 Å². The Morgan fingerprint density at radius 3 is 2.48 bits per heavy atom. The Kier molecular flexibility index (Phi) is 5.28. The molecule has 0 aliphatic carbocycles. The number of aryl methyl sites for hydroxylation is 3. The number of nitrogens with one attached hydrogen (secondary N) is 1. The van der Waals surface area contributed by atoms with E-state index in [1.165, 1.54) is 29.3 Å². The summed E-state index contributed by atoms with van der Waals surface area (Å²) in [7, 11) is -0.879. The number of carbonyl (C=O) groups excluding carboxylic acids is 1. The number of carbonyl (C=O) groups is 1. The quantitative estimate of drug-likeness (QED) is 0.495. The zero-order valence-electron chi connectivity index (χ0n) is 17.4. The summed E-state index contributed by atoms with van der Waals surface area (Å²) in [4.78, 5) is 17.6. The Balaban J connectivity index is 1.66. The average Bonchev–Trinajstić information content (AvgIpc) is 3.29. The summed E-state index contributed by atoms with van der Waals surface area (Å²) in [5.41, 5.74) is 2.98. The fraction of sp³-hybridized carbons (Fsp3) is 0.190. The molecule has 4 aromatic rings. The van der Waals surface area contributed by atoms with Crippen LogP contribution >= 0.6 is 11.3 Å². The van der Waals surface area contributed by atoms with Crippen LogP contribution in [0.4, 0.5) is 10.9 Å². The van der Waals surface area contributed by atoms with E-state index in [9.17, 15) is 13.2 Å². The summed E-state index contributed by atoms with van der Waals surface area (Å²) in [6, 6.07) is 12.4. The number of thiazole rings is 1. The minimum absolute atomic E-state index is 0.134. The van der Waals surface area contributed by atoms with Gasteiger partial charge in [-0.2, -0.15) is 5.10 Å². The molecular formula is C21H21N5O3S2. The first kappa shape index (κ1) is 21.0. The molecule has 2 aromatic heterocycles. The van der Waals surface area contributed by atoms with Gasteiger partial charge in [-0.15, -0.1) is 0 Å². The molecule has 0 aliphatic heterocycles. The van der Waals surface area contributed by atoms with Crippen LogP contribution in [0.5, 0.6) is 0 Å². The Morgan fingerprint density at radius 2 is 1.77 bits per heavy atom. The highest BCUT2D eigenvalue weighted by atomic mass is 32.2. The Hall–Kier alpha value is -3.24. The van der Waals surface area contributed by atoms with E-state index in [0.717, 1.165) is 25.6 Å². The maximum Gasteiger partial charge on any atom is 0.265 e. The fourth-order valence-electron chi connectivity index (χ4n) is 3.20. The van der Waals surface area contributed by atoms with E-state index in [2.05, 4.69) is 15.4 Å². The third kappa shape index (κ3) is 3.91. The number of aromatic nitrogens is 3. The highest BCUT2D eigenvalue weighted by Gasteiger charge is 2.29. The van der Waals surface area contributed by atoms with Gasteiger partial charge in [0.2, 0.25) is 0 Å². The van der Waals surface area contributed by atoms with Gasteiger partial charge >= 0.3 is 0 Å². The molecule has 10 heteroatoms. The van der Waals surface area contributed by atoms with Crippen molar-refractivity contribution in [2.75, 3.05) is 16.7 Å². The van der Waals surface area contributed by atoms with Crippen molar-refractivity contribution in [2.24, 2.45) is 7.05 Å². The van der Waals surface area contributed by atoms with E-state index < -0.39 is 15.9 Å². The third-order valence-corrected chi connectivity index (χ3v) is 7.59. The number of fused-ring (bicyclic) bond motifs is 1. The lowest BCUT2D eigenvalue weighted by atomic mass is 10.2. The molecule has 2 aromatic carbocycles. The average molecular weight is 456 g/mol. The summed E-state index contributed by atoms with van der Waals surface area (Å²) in [5, 5.41) is 7.31. The molecule has 1 amide bonds. The normalized spacial score (nSPS) is 11.6. The minimum Gasteiger partial charge on any atom is -0.298 e. The molecular weight excluding hydrogens is 434 g/mol. The fourth-order valence-corrected chi connectivity index (χ4v) is 5.40. The van der Waals surface area contributed by atoms with Gasteiger partial charge in [-0.3, -0.25) is 19.1 Å². The Morgan fingerprint density at radius 1 is 1.10 bits per heavy atom. The van der Waals surface area contributed by atoms with Gasteiger partial charge in [0, 0.05) is 14.1 Å². The molecule has 2 heterocycles. The van der Waals surface area contributed by atoms with Crippen molar-refractivity contribution in [3.05, 3.63) is 65.4 Å². The molecule has 4 rings (SSSR count). The van der Waals surface area contributed by atoms with Crippen LogP contribution in [0.2, 0.25) is 0 Å². The number of hydrogen-bond donors (Lipinski definition) is 1. The zero-order valence-corrected chi connectivity index (χ0v) is 19.1. The van der Waals surface area contributed by atoms with E-state index in [-0.39, 0.29) is 16.3 Å². The highest BCUT2D eigenvalue weighted by Crippen LogP contribution is 2.29. The number of sulfonamides is 1. The van der Waals surface area contributed by atoms with E-state index in [1.54, 1.807) is 31.3 Å². The lowest BCUT2D eigenvalue weighted by molar-refractivity contribution is 0.102. The molecule has 0 bridgehead atoms. The van der Waals surface area contributed by atoms with Crippen LogP contribution in [-0.2, 0) is 17.1 Å². The van der Waals surface area contributed by atoms with Crippen LogP contribution in [-0.4, -0.2) is 36.1 Å². The maximum absolute atomic E-state index is 13.1. The topological polar surface area (TPSA) is 97.2 Å². The van der Waals surface area contributed by atoms with Gasteiger partial charge in [0.1, 0.15) is 5.56 Å². The molecule has 31 heavy (non-hydrogen) atoms. The van der Waals surface area contributed by atoms with Crippen molar-refractivity contribution in [3.63, 3.8) is 0 Å². The summed E-state index contributed by atoms with van der Waals surface area (Å²) in [6.07, 6.45) is 1.35. The second-order valence-corrected chi connectivity index (χ2v) is 10.2. The van der Waals surface area contributed by atoms with Crippen molar-refractivity contribution in [1.29, 1.82) is 0 Å². The molecule has 160 valence electrons. The molecule has 0 unspecified atom stereocenters. The predicted octanol–water partition coefficient (Wildman–Crippen LogP) is 3.72. The first-order valence-electron chi connectivity index (χ1n) is 9.43. The summed E-state index contributed by atoms with van der Waals surface area (Å²) in [6.45, 7) is 3.87. The second-order valence-electron chi connectivity index (χ2n) is 7.24. The van der Waals surface area contributed by atoms with Gasteiger partial charge in [-0.1, -0.05) is 35.1 Å². The van der Waals surface area contributed by atoms with E-state index in [1.807, 2.05) is 32.0 Å². The van der Waals surface area contributed by atoms with E-state index in [4.69, 9.17) is 0 Å². The van der Waals surface area contributed by atoms with Crippen LogP contribution in [0.15, 0.2) is 53.6 Å². The number of rotatable bonds is 5. The zero-order chi connectivity index (χ0) is 22.3.